The van der Waals surface area contributed by atoms with Crippen molar-refractivity contribution in [3.63, 3.8) is 0 Å². The Morgan fingerprint density at radius 3 is 2.65 bits per heavy atom. The van der Waals surface area contributed by atoms with E-state index in [1.807, 2.05) is 50.2 Å². The van der Waals surface area contributed by atoms with E-state index in [1.54, 1.807) is 0 Å². The molecule has 0 spiro atoms. The normalized spacial score (nSPS) is 10.3. The second-order valence-corrected chi connectivity index (χ2v) is 4.03. The van der Waals surface area contributed by atoms with Gasteiger partial charge in [0.25, 0.3) is 0 Å². The van der Waals surface area contributed by atoms with Crippen molar-refractivity contribution in [3.05, 3.63) is 53.2 Å². The van der Waals surface area contributed by atoms with Gasteiger partial charge in [-0.3, -0.25) is 0 Å². The molecule has 1 heterocycles. The van der Waals surface area contributed by atoms with Gasteiger partial charge in [0.1, 0.15) is 5.75 Å². The minimum absolute atomic E-state index is 0.494. The van der Waals surface area contributed by atoms with Crippen LogP contribution >= 0.6 is 0 Å². The van der Waals surface area contributed by atoms with Gasteiger partial charge >= 0.3 is 0 Å². The second kappa shape index (κ2) is 4.97. The number of hydrogen-bond acceptors (Lipinski definition) is 3. The summed E-state index contributed by atoms with van der Waals surface area (Å²) in [6.07, 6.45) is 0. The van der Waals surface area contributed by atoms with Crippen LogP contribution in [0.5, 0.6) is 11.6 Å². The molecule has 3 nitrogen and oxygen atoms in total. The number of benzene rings is 1. The quantitative estimate of drug-likeness (QED) is 0.878. The van der Waals surface area contributed by atoms with Crippen molar-refractivity contribution in [3.8, 4) is 11.6 Å². The molecule has 1 aromatic heterocycles. The number of para-hydroxylation sites is 1. The molecule has 0 fully saturated rings. The Hall–Kier alpha value is -1.87. The summed E-state index contributed by atoms with van der Waals surface area (Å²) in [7, 11) is 0. The van der Waals surface area contributed by atoms with Gasteiger partial charge in [-0.05, 0) is 37.1 Å². The van der Waals surface area contributed by atoms with Gasteiger partial charge in [-0.15, -0.1) is 0 Å². The Morgan fingerprint density at radius 2 is 1.94 bits per heavy atom. The Balaban J connectivity index is 2.30. The van der Waals surface area contributed by atoms with Crippen LogP contribution in [0.3, 0.4) is 0 Å². The molecule has 2 aromatic rings. The van der Waals surface area contributed by atoms with Crippen LogP contribution in [-0.4, -0.2) is 4.98 Å². The lowest BCUT2D eigenvalue weighted by atomic mass is 10.2. The van der Waals surface area contributed by atoms with Gasteiger partial charge in [0.05, 0.1) is 0 Å². The summed E-state index contributed by atoms with van der Waals surface area (Å²) in [5.74, 6) is 1.42. The number of nitrogens with zero attached hydrogens (tertiary/aromatic N) is 1. The molecule has 0 bridgehead atoms. The molecule has 88 valence electrons. The van der Waals surface area contributed by atoms with Crippen molar-refractivity contribution >= 4 is 0 Å². The van der Waals surface area contributed by atoms with E-state index in [0.29, 0.717) is 12.4 Å². The maximum Gasteiger partial charge on any atom is 0.219 e. The van der Waals surface area contributed by atoms with Gasteiger partial charge in [-0.1, -0.05) is 18.2 Å². The summed E-state index contributed by atoms with van der Waals surface area (Å²) < 4.78 is 5.77. The van der Waals surface area contributed by atoms with E-state index in [2.05, 4.69) is 4.98 Å². The minimum atomic E-state index is 0.494. The topological polar surface area (TPSA) is 48.1 Å². The summed E-state index contributed by atoms with van der Waals surface area (Å²) in [4.78, 5) is 4.34. The molecule has 1 aromatic carbocycles. The van der Waals surface area contributed by atoms with E-state index in [1.165, 1.54) is 0 Å². The predicted octanol–water partition coefficient (Wildman–Crippen LogP) is 2.95. The van der Waals surface area contributed by atoms with E-state index in [9.17, 15) is 0 Å². The molecule has 0 atom stereocenters. The molecule has 0 unspecified atom stereocenters. The van der Waals surface area contributed by atoms with Gasteiger partial charge in [-0.2, -0.15) is 0 Å². The monoisotopic (exact) mass is 228 g/mol. The molecule has 3 heteroatoms. The van der Waals surface area contributed by atoms with Crippen molar-refractivity contribution in [1.29, 1.82) is 0 Å². The SMILES string of the molecule is Cc1cc(CN)cc(Oc2ccccc2C)n1. The third-order valence-corrected chi connectivity index (χ3v) is 2.53. The Morgan fingerprint density at radius 1 is 1.18 bits per heavy atom. The Bertz CT molecular complexity index is 523. The van der Waals surface area contributed by atoms with Gasteiger partial charge in [0.15, 0.2) is 0 Å². The lowest BCUT2D eigenvalue weighted by Gasteiger charge is -2.09. The van der Waals surface area contributed by atoms with E-state index in [4.69, 9.17) is 10.5 Å². The van der Waals surface area contributed by atoms with Crippen molar-refractivity contribution in [2.75, 3.05) is 0 Å². The van der Waals surface area contributed by atoms with E-state index < -0.39 is 0 Å². The molecule has 0 aliphatic carbocycles. The van der Waals surface area contributed by atoms with Crippen LogP contribution in [0.25, 0.3) is 0 Å². The molecule has 17 heavy (non-hydrogen) atoms. The molecule has 0 saturated heterocycles. The lowest BCUT2D eigenvalue weighted by molar-refractivity contribution is 0.457. The zero-order valence-corrected chi connectivity index (χ0v) is 10.1. The van der Waals surface area contributed by atoms with Gasteiger partial charge in [0.2, 0.25) is 5.88 Å². The number of ether oxygens (including phenoxy) is 1. The highest BCUT2D eigenvalue weighted by molar-refractivity contribution is 5.36. The fourth-order valence-electron chi connectivity index (χ4n) is 1.66. The highest BCUT2D eigenvalue weighted by Crippen LogP contribution is 2.24. The highest BCUT2D eigenvalue weighted by atomic mass is 16.5. The predicted molar refractivity (Wildman–Crippen MR) is 68.1 cm³/mol. The molecule has 0 aliphatic heterocycles. The van der Waals surface area contributed by atoms with Crippen LogP contribution in [0.2, 0.25) is 0 Å². The Kier molecular flexibility index (Phi) is 3.40. The van der Waals surface area contributed by atoms with Crippen LogP contribution in [0.4, 0.5) is 0 Å². The van der Waals surface area contributed by atoms with E-state index >= 15 is 0 Å². The summed E-state index contributed by atoms with van der Waals surface area (Å²) in [6, 6.07) is 11.7. The zero-order valence-electron chi connectivity index (χ0n) is 10.1. The fraction of sp³-hybridized carbons (Fsp3) is 0.214. The van der Waals surface area contributed by atoms with Crippen LogP contribution in [0, 0.1) is 13.8 Å². The van der Waals surface area contributed by atoms with Crippen LogP contribution in [0.15, 0.2) is 36.4 Å². The van der Waals surface area contributed by atoms with Crippen molar-refractivity contribution in [2.45, 2.75) is 20.4 Å². The van der Waals surface area contributed by atoms with Crippen molar-refractivity contribution < 1.29 is 4.74 Å². The first-order valence-electron chi connectivity index (χ1n) is 5.60. The maximum absolute atomic E-state index is 5.77. The first kappa shape index (κ1) is 11.6. The average molecular weight is 228 g/mol. The first-order chi connectivity index (χ1) is 8.19. The fourth-order valence-corrected chi connectivity index (χ4v) is 1.66. The molecule has 0 radical (unpaired) electrons. The van der Waals surface area contributed by atoms with Crippen LogP contribution in [-0.2, 0) is 6.54 Å². The lowest BCUT2D eigenvalue weighted by Crippen LogP contribution is -1.99. The third-order valence-electron chi connectivity index (χ3n) is 2.53. The van der Waals surface area contributed by atoms with E-state index in [-0.39, 0.29) is 0 Å². The van der Waals surface area contributed by atoms with Crippen LogP contribution < -0.4 is 10.5 Å². The molecular weight excluding hydrogens is 212 g/mol. The minimum Gasteiger partial charge on any atom is -0.439 e. The standard InChI is InChI=1S/C14H16N2O/c1-10-5-3-4-6-13(10)17-14-8-12(9-15)7-11(2)16-14/h3-8H,9,15H2,1-2H3. The number of aryl methyl sites for hydroxylation is 2. The number of hydrogen-bond donors (Lipinski definition) is 1. The summed E-state index contributed by atoms with van der Waals surface area (Å²) in [6.45, 7) is 4.44. The molecular formula is C14H16N2O. The third kappa shape index (κ3) is 2.82. The first-order valence-corrected chi connectivity index (χ1v) is 5.60. The van der Waals surface area contributed by atoms with Crippen molar-refractivity contribution in [1.82, 2.24) is 4.98 Å². The smallest absolute Gasteiger partial charge is 0.219 e. The zero-order chi connectivity index (χ0) is 12.3. The number of rotatable bonds is 3. The summed E-state index contributed by atoms with van der Waals surface area (Å²) >= 11 is 0. The van der Waals surface area contributed by atoms with Gasteiger partial charge in [-0.25, -0.2) is 4.98 Å². The highest BCUT2D eigenvalue weighted by Gasteiger charge is 2.03. The number of aromatic nitrogens is 1. The maximum atomic E-state index is 5.77. The molecule has 2 rings (SSSR count). The largest absolute Gasteiger partial charge is 0.439 e. The summed E-state index contributed by atoms with van der Waals surface area (Å²) in [5, 5.41) is 0. The molecule has 0 amide bonds. The Labute approximate surface area is 101 Å². The van der Waals surface area contributed by atoms with E-state index in [0.717, 1.165) is 22.6 Å². The van der Waals surface area contributed by atoms with Gasteiger partial charge < -0.3 is 10.5 Å². The van der Waals surface area contributed by atoms with Crippen LogP contribution in [0.1, 0.15) is 16.8 Å². The molecule has 2 N–H and O–H groups in total. The molecule has 0 saturated carbocycles. The van der Waals surface area contributed by atoms with Crippen molar-refractivity contribution in [2.24, 2.45) is 5.73 Å². The number of pyridine rings is 1. The summed E-state index contributed by atoms with van der Waals surface area (Å²) in [5.41, 5.74) is 8.66. The number of nitrogens with two attached hydrogens (primary N) is 1. The molecule has 0 aliphatic rings. The second-order valence-electron chi connectivity index (χ2n) is 4.03. The van der Waals surface area contributed by atoms with Gasteiger partial charge in [0, 0.05) is 18.3 Å². The average Bonchev–Trinajstić information content (AvgIpc) is 2.31.